The lowest BCUT2D eigenvalue weighted by Crippen LogP contribution is -2.49. The molecule has 0 spiro atoms. The number of carbonyl (C=O) groups is 2. The summed E-state index contributed by atoms with van der Waals surface area (Å²) in [6.45, 7) is 10.5. The van der Waals surface area contributed by atoms with E-state index in [1.807, 2.05) is 11.8 Å². The lowest BCUT2D eigenvalue weighted by molar-refractivity contribution is -0.133. The van der Waals surface area contributed by atoms with Crippen molar-refractivity contribution in [3.05, 3.63) is 11.3 Å². The minimum atomic E-state index is -0.163. The maximum absolute atomic E-state index is 13.1. The first-order valence-electron chi connectivity index (χ1n) is 12.2. The summed E-state index contributed by atoms with van der Waals surface area (Å²) >= 11 is 0. The van der Waals surface area contributed by atoms with Gasteiger partial charge in [-0.05, 0) is 76.7 Å². The molecule has 6 heteroatoms. The highest BCUT2D eigenvalue weighted by molar-refractivity contribution is 5.87. The molecule has 0 saturated carbocycles. The first kappa shape index (κ1) is 21.7. The SMILES string of the molecule is CCOC(=O)N1CCCC(N2CCC(N3C(=O)C(C)C4=C3CC(C)CC4)CC2)CC1. The molecule has 168 valence electrons. The van der Waals surface area contributed by atoms with E-state index in [1.165, 1.54) is 17.7 Å². The average Bonchev–Trinajstić information content (AvgIpc) is 2.91. The molecule has 3 atom stereocenters. The zero-order chi connectivity index (χ0) is 21.3. The Balaban J connectivity index is 1.33. The highest BCUT2D eigenvalue weighted by Crippen LogP contribution is 2.43. The largest absolute Gasteiger partial charge is 0.450 e. The summed E-state index contributed by atoms with van der Waals surface area (Å²) in [7, 11) is 0. The van der Waals surface area contributed by atoms with Gasteiger partial charge < -0.3 is 19.4 Å². The molecule has 0 N–H and O–H groups in total. The van der Waals surface area contributed by atoms with E-state index in [9.17, 15) is 9.59 Å². The molecule has 0 aromatic carbocycles. The topological polar surface area (TPSA) is 53.1 Å². The van der Waals surface area contributed by atoms with Crippen molar-refractivity contribution in [3.63, 3.8) is 0 Å². The third kappa shape index (κ3) is 4.25. The molecule has 3 aliphatic heterocycles. The van der Waals surface area contributed by atoms with Crippen LogP contribution in [-0.4, -0.2) is 71.6 Å². The smallest absolute Gasteiger partial charge is 0.409 e. The van der Waals surface area contributed by atoms with Crippen LogP contribution in [0, 0.1) is 11.8 Å². The lowest BCUT2D eigenvalue weighted by Gasteiger charge is -2.41. The molecule has 0 bridgehead atoms. The molecular formula is C24H39N3O3. The van der Waals surface area contributed by atoms with Crippen LogP contribution in [0.4, 0.5) is 4.79 Å². The van der Waals surface area contributed by atoms with Crippen molar-refractivity contribution in [2.45, 2.75) is 84.2 Å². The molecule has 0 radical (unpaired) electrons. The monoisotopic (exact) mass is 417 g/mol. The molecule has 2 amide bonds. The van der Waals surface area contributed by atoms with E-state index in [0.29, 0.717) is 30.5 Å². The maximum Gasteiger partial charge on any atom is 0.409 e. The fourth-order valence-corrected chi connectivity index (χ4v) is 6.07. The molecule has 3 unspecified atom stereocenters. The maximum atomic E-state index is 13.1. The Morgan fingerprint density at radius 2 is 1.73 bits per heavy atom. The molecule has 4 aliphatic rings. The van der Waals surface area contributed by atoms with Crippen LogP contribution < -0.4 is 0 Å². The van der Waals surface area contributed by atoms with Gasteiger partial charge in [0.1, 0.15) is 0 Å². The highest BCUT2D eigenvalue weighted by Gasteiger charge is 2.43. The number of carbonyl (C=O) groups excluding carboxylic acids is 2. The second kappa shape index (κ2) is 9.29. The lowest BCUT2D eigenvalue weighted by atomic mass is 9.85. The molecule has 30 heavy (non-hydrogen) atoms. The minimum Gasteiger partial charge on any atom is -0.450 e. The van der Waals surface area contributed by atoms with E-state index in [2.05, 4.69) is 23.6 Å². The van der Waals surface area contributed by atoms with E-state index in [4.69, 9.17) is 4.74 Å². The number of hydrogen-bond donors (Lipinski definition) is 0. The van der Waals surface area contributed by atoms with Crippen LogP contribution in [0.3, 0.4) is 0 Å². The number of allylic oxidation sites excluding steroid dienone is 1. The van der Waals surface area contributed by atoms with Gasteiger partial charge in [-0.2, -0.15) is 0 Å². The van der Waals surface area contributed by atoms with Gasteiger partial charge in [-0.15, -0.1) is 0 Å². The molecule has 6 nitrogen and oxygen atoms in total. The molecule has 4 rings (SSSR count). The molecule has 3 heterocycles. The molecule has 0 aromatic heterocycles. The number of ether oxygens (including phenoxy) is 1. The first-order valence-corrected chi connectivity index (χ1v) is 12.2. The minimum absolute atomic E-state index is 0.0984. The van der Waals surface area contributed by atoms with E-state index >= 15 is 0 Å². The molecule has 0 aromatic rings. The second-order valence-corrected chi connectivity index (χ2v) is 9.79. The van der Waals surface area contributed by atoms with E-state index in [1.54, 1.807) is 0 Å². The standard InChI is InChI=1S/C24H39N3O3/c1-4-30-24(29)26-12-5-6-19(9-15-26)25-13-10-20(11-14-25)27-22-16-17(2)7-8-21(22)18(3)23(27)28/h17-20H,4-16H2,1-3H3. The zero-order valence-electron chi connectivity index (χ0n) is 19.1. The van der Waals surface area contributed by atoms with Crippen LogP contribution in [0.15, 0.2) is 11.3 Å². The van der Waals surface area contributed by atoms with Crippen LogP contribution in [0.25, 0.3) is 0 Å². The number of likely N-dealkylation sites (tertiary alicyclic amines) is 2. The van der Waals surface area contributed by atoms with Gasteiger partial charge in [0.15, 0.2) is 0 Å². The Morgan fingerprint density at radius 1 is 1.00 bits per heavy atom. The Hall–Kier alpha value is -1.56. The number of hydrogen-bond acceptors (Lipinski definition) is 4. The first-order chi connectivity index (χ1) is 14.5. The summed E-state index contributed by atoms with van der Waals surface area (Å²) < 4.78 is 5.19. The average molecular weight is 418 g/mol. The highest BCUT2D eigenvalue weighted by atomic mass is 16.6. The van der Waals surface area contributed by atoms with Gasteiger partial charge in [-0.25, -0.2) is 4.79 Å². The van der Waals surface area contributed by atoms with Gasteiger partial charge in [-0.1, -0.05) is 6.92 Å². The Morgan fingerprint density at radius 3 is 2.47 bits per heavy atom. The predicted octanol–water partition coefficient (Wildman–Crippen LogP) is 4.01. The summed E-state index contributed by atoms with van der Waals surface area (Å²) in [5.74, 6) is 1.14. The zero-order valence-corrected chi connectivity index (χ0v) is 19.1. The Labute approximate surface area is 181 Å². The van der Waals surface area contributed by atoms with Crippen LogP contribution >= 0.6 is 0 Å². The fourth-order valence-electron chi connectivity index (χ4n) is 6.07. The summed E-state index contributed by atoms with van der Waals surface area (Å²) in [5.41, 5.74) is 2.81. The van der Waals surface area contributed by atoms with Crippen molar-refractivity contribution in [1.82, 2.24) is 14.7 Å². The van der Waals surface area contributed by atoms with E-state index in [0.717, 1.165) is 71.1 Å². The molecule has 2 fully saturated rings. The summed E-state index contributed by atoms with van der Waals surface area (Å²) in [6, 6.07) is 0.916. The van der Waals surface area contributed by atoms with Crippen molar-refractivity contribution in [1.29, 1.82) is 0 Å². The summed E-state index contributed by atoms with van der Waals surface area (Å²) in [5, 5.41) is 0. The van der Waals surface area contributed by atoms with Crippen molar-refractivity contribution in [2.24, 2.45) is 11.8 Å². The third-order valence-corrected chi connectivity index (χ3v) is 7.84. The molecule has 1 aliphatic carbocycles. The molecule has 2 saturated heterocycles. The van der Waals surface area contributed by atoms with E-state index in [-0.39, 0.29) is 12.0 Å². The van der Waals surface area contributed by atoms with Gasteiger partial charge >= 0.3 is 6.09 Å². The van der Waals surface area contributed by atoms with Gasteiger partial charge in [0, 0.05) is 44.0 Å². The predicted molar refractivity (Wildman–Crippen MR) is 117 cm³/mol. The van der Waals surface area contributed by atoms with Crippen molar-refractivity contribution in [2.75, 3.05) is 32.8 Å². The van der Waals surface area contributed by atoms with E-state index < -0.39 is 0 Å². The van der Waals surface area contributed by atoms with Gasteiger partial charge in [0.25, 0.3) is 0 Å². The fraction of sp³-hybridized carbons (Fsp3) is 0.833. The van der Waals surface area contributed by atoms with Gasteiger partial charge in [0.2, 0.25) is 5.91 Å². The van der Waals surface area contributed by atoms with Crippen LogP contribution in [-0.2, 0) is 9.53 Å². The van der Waals surface area contributed by atoms with Crippen LogP contribution in [0.2, 0.25) is 0 Å². The summed E-state index contributed by atoms with van der Waals surface area (Å²) in [6.07, 6.45) is 8.61. The van der Waals surface area contributed by atoms with Crippen molar-refractivity contribution >= 4 is 12.0 Å². The number of nitrogens with zero attached hydrogens (tertiary/aromatic N) is 3. The summed E-state index contributed by atoms with van der Waals surface area (Å²) in [4.78, 5) is 31.9. The van der Waals surface area contributed by atoms with Crippen LogP contribution in [0.1, 0.15) is 72.1 Å². The number of piperidine rings is 1. The Kier molecular flexibility index (Phi) is 6.71. The second-order valence-electron chi connectivity index (χ2n) is 9.79. The number of amides is 2. The van der Waals surface area contributed by atoms with Crippen molar-refractivity contribution < 1.29 is 14.3 Å². The third-order valence-electron chi connectivity index (χ3n) is 7.84. The normalized spacial score (nSPS) is 31.7. The Bertz CT molecular complexity index is 683. The van der Waals surface area contributed by atoms with Crippen molar-refractivity contribution in [3.8, 4) is 0 Å². The van der Waals surface area contributed by atoms with Gasteiger partial charge in [0.05, 0.1) is 12.5 Å². The quantitative estimate of drug-likeness (QED) is 0.696. The van der Waals surface area contributed by atoms with Gasteiger partial charge in [-0.3, -0.25) is 4.79 Å². The van der Waals surface area contributed by atoms with Crippen LogP contribution in [0.5, 0.6) is 0 Å². The molecular weight excluding hydrogens is 378 g/mol. The number of rotatable bonds is 3.